The molecule has 2 aromatic heterocycles. The Hall–Kier alpha value is -5.13. The van der Waals surface area contributed by atoms with E-state index in [-0.39, 0.29) is 18.4 Å². The zero-order valence-corrected chi connectivity index (χ0v) is 26.6. The van der Waals surface area contributed by atoms with Crippen molar-refractivity contribution in [2.24, 2.45) is 22.2 Å². The molecular formula is C33H34Cl2N8O3. The van der Waals surface area contributed by atoms with Gasteiger partial charge in [-0.2, -0.15) is 0 Å². The van der Waals surface area contributed by atoms with Gasteiger partial charge in [0.15, 0.2) is 5.96 Å². The molecule has 46 heavy (non-hydrogen) atoms. The molecule has 0 radical (unpaired) electrons. The van der Waals surface area contributed by atoms with Gasteiger partial charge in [-0.05, 0) is 67.1 Å². The van der Waals surface area contributed by atoms with Crippen LogP contribution in [0.1, 0.15) is 29.4 Å². The Morgan fingerprint density at radius 2 is 1.72 bits per heavy atom. The van der Waals surface area contributed by atoms with E-state index in [1.165, 1.54) is 0 Å². The first kappa shape index (κ1) is 33.8. The van der Waals surface area contributed by atoms with E-state index in [0.29, 0.717) is 62.5 Å². The van der Waals surface area contributed by atoms with Gasteiger partial charge in [0, 0.05) is 52.6 Å². The average molecular weight is 662 g/mol. The Labute approximate surface area is 276 Å². The highest BCUT2D eigenvalue weighted by Gasteiger charge is 2.17. The number of guanidine groups is 1. The first-order valence-electron chi connectivity index (χ1n) is 14.4. The van der Waals surface area contributed by atoms with E-state index in [1.807, 2.05) is 37.3 Å². The maximum Gasteiger partial charge on any atom is 0.251 e. The third-order valence-electron chi connectivity index (χ3n) is 6.40. The minimum atomic E-state index is -0.520. The molecule has 0 aliphatic heterocycles. The summed E-state index contributed by atoms with van der Waals surface area (Å²) in [4.78, 5) is 37.5. The number of carbonyl (C=O) groups excluding carboxylic acids is 2. The summed E-state index contributed by atoms with van der Waals surface area (Å²) in [5.74, 6) is 0.945. The number of benzene rings is 3. The maximum atomic E-state index is 12.8. The Balaban J connectivity index is 0.000000617. The van der Waals surface area contributed by atoms with Gasteiger partial charge in [0.25, 0.3) is 5.91 Å². The number of hydrogen-bond acceptors (Lipinski definition) is 6. The molecule has 0 saturated carbocycles. The Morgan fingerprint density at radius 1 is 0.935 bits per heavy atom. The van der Waals surface area contributed by atoms with Gasteiger partial charge in [0.1, 0.15) is 23.9 Å². The predicted molar refractivity (Wildman–Crippen MR) is 182 cm³/mol. The third-order valence-corrected chi connectivity index (χ3v) is 6.84. The minimum absolute atomic E-state index is 0.0869. The highest BCUT2D eigenvalue weighted by molar-refractivity contribution is 6.34. The van der Waals surface area contributed by atoms with Crippen LogP contribution in [0.15, 0.2) is 90.1 Å². The predicted octanol–water partition coefficient (Wildman–Crippen LogP) is 5.33. The first-order valence-corrected chi connectivity index (χ1v) is 15.1. The van der Waals surface area contributed by atoms with Gasteiger partial charge >= 0.3 is 0 Å². The number of aromatic nitrogens is 3. The zero-order chi connectivity index (χ0) is 33.1. The number of imidazole rings is 1. The summed E-state index contributed by atoms with van der Waals surface area (Å²) in [6.07, 6.45) is 3.34. The molecule has 2 amide bonds. The monoisotopic (exact) mass is 660 g/mol. The number of pyridine rings is 1. The number of amides is 2. The molecule has 238 valence electrons. The number of halogens is 2. The van der Waals surface area contributed by atoms with Crippen LogP contribution in [0.25, 0.3) is 22.4 Å². The molecule has 5 aromatic rings. The number of carbonyl (C=O) groups is 2. The maximum absolute atomic E-state index is 12.8. The van der Waals surface area contributed by atoms with Gasteiger partial charge in [0.2, 0.25) is 5.91 Å². The van der Waals surface area contributed by atoms with Gasteiger partial charge in [-0.3, -0.25) is 19.6 Å². The number of primary amides is 1. The lowest BCUT2D eigenvalue weighted by molar-refractivity contribution is -0.118. The standard InChI is InChI=1S/C29H23Cl2N5O3.C4H11N3/c30-20-14-21(31)16-24(15-20)39-23-6-3-4-18(12-23)28-35-25-13-19(7-8-26(25)36(28)17-27(32)37)29(38)34-11-9-22-5-1-2-10-33-22;1-2-3-7-4(5)6/h1-8,10,12-16H,9,11,17H2,(H2,32,37)(H,34,38);2-3H2,1H3,(H4,5,6,7). The molecule has 3 aromatic carbocycles. The van der Waals surface area contributed by atoms with Crippen molar-refractivity contribution in [3.63, 3.8) is 0 Å². The van der Waals surface area contributed by atoms with E-state index in [1.54, 1.807) is 59.3 Å². The van der Waals surface area contributed by atoms with Crippen LogP contribution in [0.2, 0.25) is 10.0 Å². The molecule has 0 bridgehead atoms. The van der Waals surface area contributed by atoms with E-state index in [0.717, 1.165) is 18.7 Å². The average Bonchev–Trinajstić information content (AvgIpc) is 3.37. The second-order valence-corrected chi connectivity index (χ2v) is 10.9. The largest absolute Gasteiger partial charge is 0.457 e. The van der Waals surface area contributed by atoms with Crippen molar-refractivity contribution in [3.8, 4) is 22.9 Å². The van der Waals surface area contributed by atoms with Crippen LogP contribution in [-0.2, 0) is 17.8 Å². The van der Waals surface area contributed by atoms with Gasteiger partial charge in [0.05, 0.1) is 11.0 Å². The molecule has 0 atom stereocenters. The SMILES string of the molecule is CCCN=C(N)N.NC(=O)Cn1c(-c2cccc(Oc3cc(Cl)cc(Cl)c3)c2)nc2cc(C(=O)NCCc3ccccn3)ccc21. The molecule has 0 aliphatic carbocycles. The van der Waals surface area contributed by atoms with E-state index >= 15 is 0 Å². The minimum Gasteiger partial charge on any atom is -0.457 e. The molecule has 0 saturated heterocycles. The van der Waals surface area contributed by atoms with Crippen LogP contribution >= 0.6 is 23.2 Å². The molecular weight excluding hydrogens is 627 g/mol. The topological polar surface area (TPSA) is 177 Å². The van der Waals surface area contributed by atoms with E-state index < -0.39 is 5.91 Å². The summed E-state index contributed by atoms with van der Waals surface area (Å²) in [5, 5.41) is 3.82. The highest BCUT2D eigenvalue weighted by Crippen LogP contribution is 2.32. The fourth-order valence-electron chi connectivity index (χ4n) is 4.42. The summed E-state index contributed by atoms with van der Waals surface area (Å²) in [7, 11) is 0. The molecule has 0 fully saturated rings. The van der Waals surface area contributed by atoms with Crippen LogP contribution < -0.4 is 27.3 Å². The Kier molecular flexibility index (Phi) is 11.9. The van der Waals surface area contributed by atoms with E-state index in [4.69, 9.17) is 50.1 Å². The number of nitrogens with one attached hydrogen (secondary N) is 1. The molecule has 5 rings (SSSR count). The summed E-state index contributed by atoms with van der Waals surface area (Å²) in [5.41, 5.74) is 18.8. The van der Waals surface area contributed by atoms with Crippen molar-refractivity contribution in [2.45, 2.75) is 26.3 Å². The fourth-order valence-corrected chi connectivity index (χ4v) is 4.93. The molecule has 2 heterocycles. The smallest absolute Gasteiger partial charge is 0.251 e. The number of fused-ring (bicyclic) bond motifs is 1. The van der Waals surface area contributed by atoms with Crippen LogP contribution in [0.5, 0.6) is 11.5 Å². The zero-order valence-electron chi connectivity index (χ0n) is 25.1. The summed E-state index contributed by atoms with van der Waals surface area (Å²) in [6, 6.07) is 23.0. The van der Waals surface area contributed by atoms with Crippen molar-refractivity contribution in [1.29, 1.82) is 0 Å². The van der Waals surface area contributed by atoms with Crippen molar-refractivity contribution in [2.75, 3.05) is 13.1 Å². The highest BCUT2D eigenvalue weighted by atomic mass is 35.5. The molecule has 11 nitrogen and oxygen atoms in total. The number of nitrogens with zero attached hydrogens (tertiary/aromatic N) is 4. The molecule has 7 N–H and O–H groups in total. The molecule has 0 aliphatic rings. The second kappa shape index (κ2) is 16.3. The molecule has 0 unspecified atom stereocenters. The van der Waals surface area contributed by atoms with Crippen molar-refractivity contribution in [3.05, 3.63) is 106 Å². The fraction of sp³-hybridized carbons (Fsp3) is 0.182. The first-order chi connectivity index (χ1) is 22.1. The Bertz CT molecular complexity index is 1820. The van der Waals surface area contributed by atoms with Crippen molar-refractivity contribution < 1.29 is 14.3 Å². The number of aliphatic imine (C=N–C) groups is 1. The van der Waals surface area contributed by atoms with Gasteiger partial charge in [-0.1, -0.05) is 48.3 Å². The van der Waals surface area contributed by atoms with Gasteiger partial charge in [-0.15, -0.1) is 0 Å². The van der Waals surface area contributed by atoms with Crippen molar-refractivity contribution in [1.82, 2.24) is 19.9 Å². The van der Waals surface area contributed by atoms with Crippen molar-refractivity contribution >= 4 is 52.0 Å². The van der Waals surface area contributed by atoms with Gasteiger partial charge < -0.3 is 31.8 Å². The number of nitrogens with two attached hydrogens (primary N) is 3. The lowest BCUT2D eigenvalue weighted by atomic mass is 10.2. The molecule has 0 spiro atoms. The molecule has 13 heteroatoms. The van der Waals surface area contributed by atoms with Gasteiger partial charge in [-0.25, -0.2) is 4.98 Å². The number of rotatable bonds is 11. The van der Waals surface area contributed by atoms with Crippen LogP contribution in [0.3, 0.4) is 0 Å². The summed E-state index contributed by atoms with van der Waals surface area (Å²) < 4.78 is 7.68. The van der Waals surface area contributed by atoms with Crippen LogP contribution in [0.4, 0.5) is 0 Å². The quantitative estimate of drug-likeness (QED) is 0.109. The Morgan fingerprint density at radius 3 is 2.37 bits per heavy atom. The van der Waals surface area contributed by atoms with Crippen LogP contribution in [-0.4, -0.2) is 45.4 Å². The summed E-state index contributed by atoms with van der Waals surface area (Å²) >= 11 is 12.2. The lowest BCUT2D eigenvalue weighted by Gasteiger charge is -2.10. The van der Waals surface area contributed by atoms with E-state index in [9.17, 15) is 9.59 Å². The third kappa shape index (κ3) is 9.68. The second-order valence-electron chi connectivity index (χ2n) is 10.1. The van der Waals surface area contributed by atoms with E-state index in [2.05, 4.69) is 15.3 Å². The number of ether oxygens (including phenoxy) is 1. The summed E-state index contributed by atoms with van der Waals surface area (Å²) in [6.45, 7) is 3.12. The lowest BCUT2D eigenvalue weighted by Crippen LogP contribution is -2.25. The normalized spacial score (nSPS) is 10.5. The number of hydrogen-bond donors (Lipinski definition) is 4. The van der Waals surface area contributed by atoms with Crippen LogP contribution in [0, 0.1) is 0 Å².